The van der Waals surface area contributed by atoms with Crippen molar-refractivity contribution in [2.75, 3.05) is 38.8 Å². The second-order valence-corrected chi connectivity index (χ2v) is 4.78. The molecule has 0 spiro atoms. The maximum atomic E-state index is 12.2. The summed E-state index contributed by atoms with van der Waals surface area (Å²) in [4.78, 5) is 11.7. The molecule has 0 aromatic carbocycles. The van der Waals surface area contributed by atoms with E-state index in [-0.39, 0.29) is 4.47 Å². The Balaban J connectivity index is 2.57. The van der Waals surface area contributed by atoms with Gasteiger partial charge in [-0.2, -0.15) is 18.3 Å². The third kappa shape index (κ3) is 6.44. The third-order valence-electron chi connectivity index (χ3n) is 2.31. The van der Waals surface area contributed by atoms with Crippen LogP contribution in [0, 0.1) is 0 Å². The molecule has 0 amide bonds. The highest BCUT2D eigenvalue weighted by atomic mass is 79.9. The van der Waals surface area contributed by atoms with E-state index >= 15 is 0 Å². The van der Waals surface area contributed by atoms with Crippen molar-refractivity contribution in [1.29, 1.82) is 0 Å². The van der Waals surface area contributed by atoms with Gasteiger partial charge in [-0.1, -0.05) is 0 Å². The zero-order valence-electron chi connectivity index (χ0n) is 11.2. The molecule has 0 aliphatic rings. The summed E-state index contributed by atoms with van der Waals surface area (Å²) >= 11 is 2.97. The Morgan fingerprint density at radius 2 is 2.10 bits per heavy atom. The van der Waals surface area contributed by atoms with Gasteiger partial charge in [0.05, 0.1) is 31.7 Å². The molecule has 1 aromatic rings. The topological polar surface area (TPSA) is 65.4 Å². The summed E-state index contributed by atoms with van der Waals surface area (Å²) in [6.07, 6.45) is -3.34. The Morgan fingerprint density at radius 1 is 1.38 bits per heavy atom. The van der Waals surface area contributed by atoms with Gasteiger partial charge < -0.3 is 14.8 Å². The number of aromatic nitrogens is 2. The molecule has 1 aromatic heterocycles. The van der Waals surface area contributed by atoms with E-state index in [0.717, 1.165) is 6.20 Å². The molecule has 0 saturated heterocycles. The zero-order chi connectivity index (χ0) is 15.9. The van der Waals surface area contributed by atoms with Crippen molar-refractivity contribution >= 4 is 21.6 Å². The van der Waals surface area contributed by atoms with Crippen LogP contribution in [0.5, 0.6) is 0 Å². The van der Waals surface area contributed by atoms with Crippen LogP contribution < -0.4 is 10.9 Å². The SMILES string of the molecule is COCCOCCNc1cnn(CC(F)(F)F)c(=O)c1Br. The van der Waals surface area contributed by atoms with E-state index in [0.29, 0.717) is 36.7 Å². The molecule has 0 saturated carbocycles. The van der Waals surface area contributed by atoms with Gasteiger partial charge in [0.15, 0.2) is 0 Å². The molecule has 0 atom stereocenters. The molecule has 6 nitrogen and oxygen atoms in total. The lowest BCUT2D eigenvalue weighted by Crippen LogP contribution is -2.31. The van der Waals surface area contributed by atoms with Crippen molar-refractivity contribution in [3.63, 3.8) is 0 Å². The lowest BCUT2D eigenvalue weighted by atomic mass is 10.4. The standard InChI is InChI=1S/C11H15BrF3N3O3/c1-20-4-5-21-3-2-16-8-6-17-18(7-11(13,14)15)10(19)9(8)12/h6,16H,2-5,7H2,1H3. The van der Waals surface area contributed by atoms with Gasteiger partial charge in [0.2, 0.25) is 0 Å². The van der Waals surface area contributed by atoms with Crippen LogP contribution in [0.2, 0.25) is 0 Å². The average Bonchev–Trinajstić information content (AvgIpc) is 2.40. The molecule has 10 heteroatoms. The molecule has 0 fully saturated rings. The van der Waals surface area contributed by atoms with Crippen molar-refractivity contribution < 1.29 is 22.6 Å². The van der Waals surface area contributed by atoms with Gasteiger partial charge in [-0.15, -0.1) is 0 Å². The van der Waals surface area contributed by atoms with E-state index < -0.39 is 18.3 Å². The number of nitrogens with one attached hydrogen (secondary N) is 1. The van der Waals surface area contributed by atoms with Crippen LogP contribution in [0.15, 0.2) is 15.5 Å². The molecule has 0 radical (unpaired) electrons. The normalized spacial score (nSPS) is 11.7. The van der Waals surface area contributed by atoms with Gasteiger partial charge in [0, 0.05) is 13.7 Å². The van der Waals surface area contributed by atoms with Crippen LogP contribution in [-0.2, 0) is 16.0 Å². The molecule has 1 N–H and O–H groups in total. The molecule has 0 bridgehead atoms. The molecule has 120 valence electrons. The number of hydrogen-bond acceptors (Lipinski definition) is 5. The highest BCUT2D eigenvalue weighted by molar-refractivity contribution is 9.10. The lowest BCUT2D eigenvalue weighted by molar-refractivity contribution is -0.143. The number of ether oxygens (including phenoxy) is 2. The predicted octanol–water partition coefficient (Wildman–Crippen LogP) is 1.64. The van der Waals surface area contributed by atoms with Crippen LogP contribution in [0.3, 0.4) is 0 Å². The van der Waals surface area contributed by atoms with Gasteiger partial charge in [0.1, 0.15) is 11.0 Å². The predicted molar refractivity (Wildman–Crippen MR) is 73.4 cm³/mol. The Kier molecular flexibility index (Phi) is 7.12. The van der Waals surface area contributed by atoms with Crippen LogP contribution in [0.1, 0.15) is 0 Å². The Labute approximate surface area is 127 Å². The Hall–Kier alpha value is -1.13. The number of hydrogen-bond donors (Lipinski definition) is 1. The fourth-order valence-corrected chi connectivity index (χ4v) is 1.82. The van der Waals surface area contributed by atoms with E-state index in [2.05, 4.69) is 26.3 Å². The molecule has 1 rings (SSSR count). The smallest absolute Gasteiger partial charge is 0.382 e. The lowest BCUT2D eigenvalue weighted by Gasteiger charge is -2.12. The van der Waals surface area contributed by atoms with Crippen molar-refractivity contribution in [3.8, 4) is 0 Å². The number of nitrogens with zero attached hydrogens (tertiary/aromatic N) is 2. The van der Waals surface area contributed by atoms with Crippen molar-refractivity contribution in [1.82, 2.24) is 9.78 Å². The third-order valence-corrected chi connectivity index (χ3v) is 3.07. The van der Waals surface area contributed by atoms with Crippen molar-refractivity contribution in [3.05, 3.63) is 21.0 Å². The summed E-state index contributed by atoms with van der Waals surface area (Å²) in [5, 5.41) is 6.33. The quantitative estimate of drug-likeness (QED) is 0.701. The summed E-state index contributed by atoms with van der Waals surface area (Å²) in [6.45, 7) is 0.225. The largest absolute Gasteiger partial charge is 0.408 e. The molecule has 0 aliphatic heterocycles. The van der Waals surface area contributed by atoms with Gasteiger partial charge >= 0.3 is 6.18 Å². The monoisotopic (exact) mass is 373 g/mol. The first kappa shape index (κ1) is 17.9. The summed E-state index contributed by atoms with van der Waals surface area (Å²) in [7, 11) is 1.56. The van der Waals surface area contributed by atoms with Gasteiger partial charge in [-0.25, -0.2) is 4.68 Å². The maximum Gasteiger partial charge on any atom is 0.408 e. The Bertz CT molecular complexity index is 508. The first-order valence-electron chi connectivity index (χ1n) is 5.98. The molecule has 1 heterocycles. The van der Waals surface area contributed by atoms with E-state index in [1.165, 1.54) is 0 Å². The van der Waals surface area contributed by atoms with Crippen molar-refractivity contribution in [2.45, 2.75) is 12.7 Å². The summed E-state index contributed by atoms with van der Waals surface area (Å²) in [5.41, 5.74) is -0.536. The minimum absolute atomic E-state index is 0.00126. The summed E-state index contributed by atoms with van der Waals surface area (Å²) < 4.78 is 47.1. The highest BCUT2D eigenvalue weighted by Crippen LogP contribution is 2.19. The maximum absolute atomic E-state index is 12.2. The second kappa shape index (κ2) is 8.35. The van der Waals surface area contributed by atoms with Crippen molar-refractivity contribution in [2.24, 2.45) is 0 Å². The number of halogens is 4. The highest BCUT2D eigenvalue weighted by Gasteiger charge is 2.29. The zero-order valence-corrected chi connectivity index (χ0v) is 12.8. The average molecular weight is 374 g/mol. The number of alkyl halides is 3. The minimum atomic E-state index is -4.50. The summed E-state index contributed by atoms with van der Waals surface area (Å²) in [5.74, 6) is 0. The number of rotatable bonds is 8. The minimum Gasteiger partial charge on any atom is -0.382 e. The van der Waals surface area contributed by atoms with Gasteiger partial charge in [-0.05, 0) is 15.9 Å². The van der Waals surface area contributed by atoms with Crippen LogP contribution in [-0.4, -0.2) is 49.4 Å². The molecular weight excluding hydrogens is 359 g/mol. The van der Waals surface area contributed by atoms with E-state index in [4.69, 9.17) is 9.47 Å². The van der Waals surface area contributed by atoms with E-state index in [1.807, 2.05) is 0 Å². The number of anilines is 1. The second-order valence-electron chi connectivity index (χ2n) is 3.98. The van der Waals surface area contributed by atoms with Gasteiger partial charge in [0.25, 0.3) is 5.56 Å². The van der Waals surface area contributed by atoms with E-state index in [1.54, 1.807) is 7.11 Å². The first-order valence-corrected chi connectivity index (χ1v) is 6.77. The Morgan fingerprint density at radius 3 is 2.71 bits per heavy atom. The molecular formula is C11H15BrF3N3O3. The molecule has 0 aliphatic carbocycles. The van der Waals surface area contributed by atoms with Crippen LogP contribution >= 0.6 is 15.9 Å². The summed E-state index contributed by atoms with van der Waals surface area (Å²) in [6, 6.07) is 0. The fourth-order valence-electron chi connectivity index (χ4n) is 1.37. The molecule has 21 heavy (non-hydrogen) atoms. The van der Waals surface area contributed by atoms with Crippen LogP contribution in [0.25, 0.3) is 0 Å². The molecule has 0 unspecified atom stereocenters. The van der Waals surface area contributed by atoms with Gasteiger partial charge in [-0.3, -0.25) is 4.79 Å². The number of methoxy groups -OCH3 is 1. The van der Waals surface area contributed by atoms with Crippen LogP contribution in [0.4, 0.5) is 18.9 Å². The van der Waals surface area contributed by atoms with E-state index in [9.17, 15) is 18.0 Å². The fraction of sp³-hybridized carbons (Fsp3) is 0.636. The first-order chi connectivity index (χ1) is 9.85.